The zero-order valence-corrected chi connectivity index (χ0v) is 14.6. The smallest absolute Gasteiger partial charge is 0.307 e. The van der Waals surface area contributed by atoms with Crippen LogP contribution >= 0.6 is 0 Å². The van der Waals surface area contributed by atoms with Gasteiger partial charge in [-0.3, -0.25) is 9.59 Å². The minimum atomic E-state index is -0.232. The van der Waals surface area contributed by atoms with Gasteiger partial charge in [0.15, 0.2) is 0 Å². The Hall–Kier alpha value is -1.32. The van der Waals surface area contributed by atoms with Crippen molar-refractivity contribution in [2.24, 2.45) is 17.8 Å². The number of ether oxygens (including phenoxy) is 1. The molecule has 128 valence electrons. The van der Waals surface area contributed by atoms with Gasteiger partial charge < -0.3 is 9.64 Å². The molecular formula is C19H29NO3. The normalized spacial score (nSPS) is 34.1. The van der Waals surface area contributed by atoms with E-state index in [1.54, 1.807) is 6.08 Å². The Kier molecular flexibility index (Phi) is 4.52. The van der Waals surface area contributed by atoms with Gasteiger partial charge in [0.1, 0.15) is 0 Å². The van der Waals surface area contributed by atoms with Gasteiger partial charge in [-0.15, -0.1) is 0 Å². The summed E-state index contributed by atoms with van der Waals surface area (Å²) in [5, 5.41) is 0. The third-order valence-corrected chi connectivity index (χ3v) is 6.02. The van der Waals surface area contributed by atoms with Crippen LogP contribution < -0.4 is 0 Å². The minimum Gasteiger partial charge on any atom is -0.469 e. The van der Waals surface area contributed by atoms with Gasteiger partial charge >= 0.3 is 5.97 Å². The van der Waals surface area contributed by atoms with E-state index in [1.165, 1.54) is 26.4 Å². The molecule has 0 heterocycles. The van der Waals surface area contributed by atoms with Crippen LogP contribution in [0.15, 0.2) is 11.6 Å². The number of nitrogens with zero attached hydrogens (tertiary/aromatic N) is 1. The summed E-state index contributed by atoms with van der Waals surface area (Å²) in [5.74, 6) is 2.18. The first-order chi connectivity index (χ1) is 10.9. The number of carbonyl (C=O) groups excluding carboxylic acids is 2. The van der Waals surface area contributed by atoms with Gasteiger partial charge in [0.2, 0.25) is 5.91 Å². The minimum absolute atomic E-state index is 0.00813. The molecule has 1 amide bonds. The van der Waals surface area contributed by atoms with E-state index < -0.39 is 0 Å². The van der Waals surface area contributed by atoms with Gasteiger partial charge in [-0.05, 0) is 70.1 Å². The zero-order chi connectivity index (χ0) is 16.6. The second-order valence-corrected chi connectivity index (χ2v) is 8.18. The number of carbonyl (C=O) groups is 2. The summed E-state index contributed by atoms with van der Waals surface area (Å²) in [6.07, 6.45) is 9.45. The van der Waals surface area contributed by atoms with Crippen molar-refractivity contribution in [3.8, 4) is 0 Å². The Morgan fingerprint density at radius 2 is 1.61 bits per heavy atom. The van der Waals surface area contributed by atoms with Crippen molar-refractivity contribution in [1.82, 2.24) is 4.90 Å². The molecule has 4 fully saturated rings. The van der Waals surface area contributed by atoms with Crippen LogP contribution in [0.25, 0.3) is 0 Å². The highest BCUT2D eigenvalue weighted by Gasteiger charge is 2.54. The van der Waals surface area contributed by atoms with Gasteiger partial charge in [0, 0.05) is 18.2 Å². The lowest BCUT2D eigenvalue weighted by Crippen LogP contribution is -2.61. The van der Waals surface area contributed by atoms with E-state index in [0.29, 0.717) is 13.0 Å². The first-order valence-electron chi connectivity index (χ1n) is 8.95. The predicted octanol–water partition coefficient (Wildman–Crippen LogP) is 3.31. The molecule has 0 saturated heterocycles. The summed E-state index contributed by atoms with van der Waals surface area (Å²) in [7, 11) is 1.41. The number of methoxy groups -OCH3 is 1. The second-order valence-electron chi connectivity index (χ2n) is 8.18. The molecule has 23 heavy (non-hydrogen) atoms. The maximum atomic E-state index is 12.9. The molecule has 0 radical (unpaired) electrons. The van der Waals surface area contributed by atoms with Gasteiger partial charge in [-0.25, -0.2) is 0 Å². The zero-order valence-electron chi connectivity index (χ0n) is 14.6. The Bertz CT molecular complexity index is 483. The van der Waals surface area contributed by atoms with Crippen molar-refractivity contribution in [3.05, 3.63) is 11.6 Å². The second kappa shape index (κ2) is 6.29. The van der Waals surface area contributed by atoms with E-state index in [9.17, 15) is 9.59 Å². The molecule has 0 atom stereocenters. The molecule has 4 nitrogen and oxygen atoms in total. The van der Waals surface area contributed by atoms with Crippen molar-refractivity contribution in [1.29, 1.82) is 0 Å². The molecule has 0 N–H and O–H groups in total. The van der Waals surface area contributed by atoms with E-state index in [2.05, 4.69) is 0 Å². The topological polar surface area (TPSA) is 46.6 Å². The third-order valence-electron chi connectivity index (χ3n) is 6.02. The fourth-order valence-corrected chi connectivity index (χ4v) is 5.61. The number of rotatable bonds is 5. The molecule has 0 aromatic heterocycles. The monoisotopic (exact) mass is 319 g/mol. The molecule has 4 bridgehead atoms. The van der Waals surface area contributed by atoms with Crippen molar-refractivity contribution < 1.29 is 14.3 Å². The number of amides is 1. The van der Waals surface area contributed by atoms with Crippen LogP contribution in [0.5, 0.6) is 0 Å². The first kappa shape index (κ1) is 16.5. The molecule has 0 spiro atoms. The summed E-state index contributed by atoms with van der Waals surface area (Å²) in [5.41, 5.74) is 1.01. The van der Waals surface area contributed by atoms with Gasteiger partial charge in [-0.1, -0.05) is 5.57 Å². The number of esters is 1. The Labute approximate surface area is 139 Å². The number of hydrogen-bond donors (Lipinski definition) is 0. The summed E-state index contributed by atoms with van der Waals surface area (Å²) >= 11 is 0. The van der Waals surface area contributed by atoms with E-state index in [0.717, 1.165) is 42.6 Å². The standard InChI is InChI=1S/C19H29NO3/c1-13(2)6-17(21)20(5-4-18(22)23-3)19-10-14-7-15(11-19)9-16(8-14)12-19/h6,14-16H,4-5,7-12H2,1-3H3. The van der Waals surface area contributed by atoms with E-state index in [-0.39, 0.29) is 17.4 Å². The van der Waals surface area contributed by atoms with Crippen LogP contribution in [0.1, 0.15) is 58.8 Å². The van der Waals surface area contributed by atoms with E-state index in [4.69, 9.17) is 4.74 Å². The molecule has 4 aliphatic carbocycles. The Balaban J connectivity index is 1.83. The fourth-order valence-electron chi connectivity index (χ4n) is 5.61. The van der Waals surface area contributed by atoms with Crippen LogP contribution in [0, 0.1) is 17.8 Å². The molecule has 0 unspecified atom stereocenters. The summed E-state index contributed by atoms with van der Waals surface area (Å²) in [6.45, 7) is 4.40. The molecular weight excluding hydrogens is 290 g/mol. The fraction of sp³-hybridized carbons (Fsp3) is 0.789. The van der Waals surface area contributed by atoms with Crippen LogP contribution in [0.4, 0.5) is 0 Å². The Morgan fingerprint density at radius 3 is 2.04 bits per heavy atom. The van der Waals surface area contributed by atoms with Crippen LogP contribution in [-0.4, -0.2) is 36.0 Å². The molecule has 4 saturated carbocycles. The highest BCUT2D eigenvalue weighted by molar-refractivity contribution is 5.89. The SMILES string of the molecule is COC(=O)CCN(C(=O)C=C(C)C)C12CC3CC(CC(C3)C1)C2. The van der Waals surface area contributed by atoms with Crippen molar-refractivity contribution in [2.75, 3.05) is 13.7 Å². The lowest BCUT2D eigenvalue weighted by molar-refractivity contribution is -0.149. The van der Waals surface area contributed by atoms with Gasteiger partial charge in [-0.2, -0.15) is 0 Å². The lowest BCUT2D eigenvalue weighted by atomic mass is 9.52. The van der Waals surface area contributed by atoms with E-state index in [1.807, 2.05) is 18.7 Å². The molecule has 0 aromatic carbocycles. The summed E-state index contributed by atoms with van der Waals surface area (Å²) in [4.78, 5) is 26.5. The number of hydrogen-bond acceptors (Lipinski definition) is 3. The lowest BCUT2D eigenvalue weighted by Gasteiger charge is -2.60. The van der Waals surface area contributed by atoms with Crippen molar-refractivity contribution in [2.45, 2.75) is 64.3 Å². The summed E-state index contributed by atoms with van der Waals surface area (Å²) < 4.78 is 4.79. The van der Waals surface area contributed by atoms with Crippen LogP contribution in [-0.2, 0) is 14.3 Å². The maximum absolute atomic E-state index is 12.9. The largest absolute Gasteiger partial charge is 0.469 e. The maximum Gasteiger partial charge on any atom is 0.307 e. The van der Waals surface area contributed by atoms with Gasteiger partial charge in [0.25, 0.3) is 0 Å². The van der Waals surface area contributed by atoms with Crippen molar-refractivity contribution >= 4 is 11.9 Å². The third kappa shape index (κ3) is 3.31. The highest BCUT2D eigenvalue weighted by Crippen LogP contribution is 2.57. The van der Waals surface area contributed by atoms with Crippen molar-refractivity contribution in [3.63, 3.8) is 0 Å². The number of allylic oxidation sites excluding steroid dienone is 1. The van der Waals surface area contributed by atoms with E-state index >= 15 is 0 Å². The van der Waals surface area contributed by atoms with Crippen LogP contribution in [0.2, 0.25) is 0 Å². The highest BCUT2D eigenvalue weighted by atomic mass is 16.5. The molecule has 4 rings (SSSR count). The molecule has 0 aliphatic heterocycles. The average Bonchev–Trinajstić information content (AvgIpc) is 2.44. The first-order valence-corrected chi connectivity index (χ1v) is 8.95. The molecule has 4 aliphatic rings. The molecule has 0 aromatic rings. The van der Waals surface area contributed by atoms with Gasteiger partial charge in [0.05, 0.1) is 13.5 Å². The van der Waals surface area contributed by atoms with Crippen LogP contribution in [0.3, 0.4) is 0 Å². The Morgan fingerprint density at radius 1 is 1.09 bits per heavy atom. The summed E-state index contributed by atoms with van der Waals surface area (Å²) in [6, 6.07) is 0. The molecule has 4 heteroatoms. The predicted molar refractivity (Wildman–Crippen MR) is 88.7 cm³/mol. The quantitative estimate of drug-likeness (QED) is 0.577. The average molecular weight is 319 g/mol.